The van der Waals surface area contributed by atoms with Crippen molar-refractivity contribution in [2.75, 3.05) is 37.5 Å². The van der Waals surface area contributed by atoms with Crippen LogP contribution < -0.4 is 23.8 Å². The minimum absolute atomic E-state index is 0.193. The van der Waals surface area contributed by atoms with Crippen LogP contribution in [0.3, 0.4) is 0 Å². The summed E-state index contributed by atoms with van der Waals surface area (Å²) >= 11 is 0. The van der Waals surface area contributed by atoms with Crippen molar-refractivity contribution < 1.29 is 27.6 Å². The highest BCUT2D eigenvalue weighted by Crippen LogP contribution is 2.38. The van der Waals surface area contributed by atoms with E-state index in [1.807, 2.05) is 17.0 Å². The van der Waals surface area contributed by atoms with Crippen LogP contribution in [0.25, 0.3) is 0 Å². The normalized spacial score (nSPS) is 13.1. The molecular weight excluding hydrogens is 474 g/mol. The zero-order valence-corrected chi connectivity index (χ0v) is 20.3. The van der Waals surface area contributed by atoms with Gasteiger partial charge in [-0.2, -0.15) is 0 Å². The van der Waals surface area contributed by atoms with Crippen molar-refractivity contribution in [3.63, 3.8) is 0 Å². The molecule has 0 fully saturated rings. The van der Waals surface area contributed by atoms with E-state index in [1.54, 1.807) is 38.5 Å². The second kappa shape index (κ2) is 9.71. The number of para-hydroxylation sites is 2. The summed E-state index contributed by atoms with van der Waals surface area (Å²) in [5.41, 5.74) is 2.29. The Kier molecular flexibility index (Phi) is 6.70. The first-order valence-corrected chi connectivity index (χ1v) is 12.2. The van der Waals surface area contributed by atoms with Crippen LogP contribution in [0.1, 0.15) is 11.1 Å². The third-order valence-corrected chi connectivity index (χ3v) is 7.25. The van der Waals surface area contributed by atoms with Crippen molar-refractivity contribution in [3.05, 3.63) is 75.8 Å². The Labute approximate surface area is 203 Å². The number of sulfonamides is 1. The van der Waals surface area contributed by atoms with E-state index >= 15 is 0 Å². The Balaban J connectivity index is 1.76. The first kappa shape index (κ1) is 24.1. The third-order valence-electron chi connectivity index (χ3n) is 5.85. The summed E-state index contributed by atoms with van der Waals surface area (Å²) in [5, 5.41) is 11.5. The van der Waals surface area contributed by atoms with E-state index in [2.05, 4.69) is 4.72 Å². The van der Waals surface area contributed by atoms with E-state index in [0.717, 1.165) is 17.2 Å². The summed E-state index contributed by atoms with van der Waals surface area (Å²) in [7, 11) is 0.350. The van der Waals surface area contributed by atoms with Crippen LogP contribution in [0.4, 0.5) is 17.1 Å². The number of rotatable bonds is 8. The zero-order chi connectivity index (χ0) is 25.2. The Hall–Kier alpha value is -3.99. The number of ether oxygens (including phenoxy) is 3. The van der Waals surface area contributed by atoms with Crippen molar-refractivity contribution in [1.29, 1.82) is 0 Å². The predicted octanol–water partition coefficient (Wildman–Crippen LogP) is 3.98. The monoisotopic (exact) mass is 499 g/mol. The molecule has 11 heteroatoms. The highest BCUT2D eigenvalue weighted by Gasteiger charge is 2.28. The van der Waals surface area contributed by atoms with Gasteiger partial charge in [-0.25, -0.2) is 8.42 Å². The lowest BCUT2D eigenvalue weighted by atomic mass is 9.98. The van der Waals surface area contributed by atoms with Crippen LogP contribution in [0.5, 0.6) is 17.2 Å². The topological polar surface area (TPSA) is 120 Å². The van der Waals surface area contributed by atoms with Gasteiger partial charge in [0, 0.05) is 25.2 Å². The van der Waals surface area contributed by atoms with Gasteiger partial charge in [0.1, 0.15) is 10.6 Å². The smallest absolute Gasteiger partial charge is 0.270 e. The number of nitrogens with zero attached hydrogens (tertiary/aromatic N) is 2. The number of hydrogen-bond donors (Lipinski definition) is 1. The number of hydrogen-bond acceptors (Lipinski definition) is 8. The van der Waals surface area contributed by atoms with Gasteiger partial charge in [0.05, 0.1) is 37.6 Å². The van der Waals surface area contributed by atoms with Crippen molar-refractivity contribution in [2.24, 2.45) is 0 Å². The van der Waals surface area contributed by atoms with Crippen molar-refractivity contribution >= 4 is 27.1 Å². The maximum absolute atomic E-state index is 13.5. The lowest BCUT2D eigenvalue weighted by Crippen LogP contribution is -2.32. The molecule has 0 aromatic heterocycles. The second-order valence-corrected chi connectivity index (χ2v) is 9.51. The van der Waals surface area contributed by atoms with Gasteiger partial charge in [-0.1, -0.05) is 12.1 Å². The van der Waals surface area contributed by atoms with E-state index in [-0.39, 0.29) is 16.3 Å². The summed E-state index contributed by atoms with van der Waals surface area (Å²) < 4.78 is 45.5. The molecule has 1 aliphatic heterocycles. The minimum atomic E-state index is -4.20. The second-order valence-electron chi connectivity index (χ2n) is 7.86. The van der Waals surface area contributed by atoms with E-state index in [1.165, 1.54) is 19.2 Å². The maximum Gasteiger partial charge on any atom is 0.270 e. The van der Waals surface area contributed by atoms with Gasteiger partial charge < -0.3 is 19.1 Å². The van der Waals surface area contributed by atoms with Crippen LogP contribution in [0, 0.1) is 10.1 Å². The molecule has 0 aliphatic carbocycles. The summed E-state index contributed by atoms with van der Waals surface area (Å²) in [6.45, 7) is 0.905. The lowest BCUT2D eigenvalue weighted by molar-refractivity contribution is -0.385. The fourth-order valence-corrected chi connectivity index (χ4v) is 5.43. The summed E-state index contributed by atoms with van der Waals surface area (Å²) in [5.74, 6) is 1.53. The molecule has 1 N–H and O–H groups in total. The standard InChI is InChI=1S/C24H25N3O7S/c1-32-21-7-5-4-6-19(21)25-35(30,31)24-14-18(27(28)29)8-9-20(24)26-11-10-16-12-22(33-2)23(34-3)13-17(16)15-26/h4-9,12-14,25H,10-11,15H2,1-3H3. The molecule has 1 heterocycles. The fraction of sp³-hybridized carbons (Fsp3) is 0.250. The van der Waals surface area contributed by atoms with Gasteiger partial charge >= 0.3 is 0 Å². The quantitative estimate of drug-likeness (QED) is 0.365. The Bertz CT molecular complexity index is 1380. The summed E-state index contributed by atoms with van der Waals surface area (Å²) in [4.78, 5) is 12.5. The Morgan fingerprint density at radius 2 is 1.57 bits per heavy atom. The molecule has 0 amide bonds. The molecule has 10 nitrogen and oxygen atoms in total. The molecule has 0 saturated heterocycles. The molecule has 1 aliphatic rings. The molecule has 0 bridgehead atoms. The molecule has 3 aromatic carbocycles. The molecule has 3 aromatic rings. The molecule has 0 radical (unpaired) electrons. The van der Waals surface area contributed by atoms with Crippen molar-refractivity contribution in [1.82, 2.24) is 0 Å². The Morgan fingerprint density at radius 3 is 2.23 bits per heavy atom. The SMILES string of the molecule is COc1ccccc1NS(=O)(=O)c1cc([N+](=O)[O-])ccc1N1CCc2cc(OC)c(OC)cc2C1. The van der Waals surface area contributed by atoms with Gasteiger partial charge in [0.2, 0.25) is 0 Å². The van der Waals surface area contributed by atoms with Gasteiger partial charge in [-0.15, -0.1) is 0 Å². The predicted molar refractivity (Wildman–Crippen MR) is 131 cm³/mol. The average Bonchev–Trinajstić information content (AvgIpc) is 2.87. The third kappa shape index (κ3) is 4.80. The van der Waals surface area contributed by atoms with Crippen molar-refractivity contribution in [3.8, 4) is 17.2 Å². The van der Waals surface area contributed by atoms with Gasteiger partial charge in [-0.05, 0) is 47.9 Å². The first-order valence-electron chi connectivity index (χ1n) is 10.7. The fourth-order valence-electron chi connectivity index (χ4n) is 4.11. The number of non-ortho nitro benzene ring substituents is 1. The number of benzene rings is 3. The largest absolute Gasteiger partial charge is 0.495 e. The van der Waals surface area contributed by atoms with E-state index < -0.39 is 14.9 Å². The van der Waals surface area contributed by atoms with Crippen LogP contribution in [-0.4, -0.2) is 41.2 Å². The number of nitro groups is 1. The number of methoxy groups -OCH3 is 3. The van der Waals surface area contributed by atoms with Crippen molar-refractivity contribution in [2.45, 2.75) is 17.9 Å². The molecule has 35 heavy (non-hydrogen) atoms. The molecule has 0 unspecified atom stereocenters. The van der Waals surface area contributed by atoms with Crippen LogP contribution in [0.15, 0.2) is 59.5 Å². The van der Waals surface area contributed by atoms with Crippen LogP contribution >= 0.6 is 0 Å². The van der Waals surface area contributed by atoms with E-state index in [0.29, 0.717) is 42.4 Å². The minimum Gasteiger partial charge on any atom is -0.495 e. The lowest BCUT2D eigenvalue weighted by Gasteiger charge is -2.32. The van der Waals surface area contributed by atoms with Gasteiger partial charge in [-0.3, -0.25) is 14.8 Å². The van der Waals surface area contributed by atoms with Gasteiger partial charge in [0.15, 0.2) is 11.5 Å². The summed E-state index contributed by atoms with van der Waals surface area (Å²) in [6.07, 6.45) is 0.631. The number of anilines is 2. The Morgan fingerprint density at radius 1 is 0.914 bits per heavy atom. The number of fused-ring (bicyclic) bond motifs is 1. The van der Waals surface area contributed by atoms with Crippen LogP contribution in [0.2, 0.25) is 0 Å². The maximum atomic E-state index is 13.5. The van der Waals surface area contributed by atoms with E-state index in [9.17, 15) is 18.5 Å². The molecule has 0 atom stereocenters. The van der Waals surface area contributed by atoms with Crippen LogP contribution in [-0.2, 0) is 23.0 Å². The number of nitro benzene ring substituents is 1. The highest BCUT2D eigenvalue weighted by molar-refractivity contribution is 7.93. The molecule has 4 rings (SSSR count). The zero-order valence-electron chi connectivity index (χ0n) is 19.5. The van der Waals surface area contributed by atoms with E-state index in [4.69, 9.17) is 14.2 Å². The average molecular weight is 500 g/mol. The molecule has 0 spiro atoms. The van der Waals surface area contributed by atoms with Gasteiger partial charge in [0.25, 0.3) is 15.7 Å². The highest BCUT2D eigenvalue weighted by atomic mass is 32.2. The summed E-state index contributed by atoms with van der Waals surface area (Å²) in [6, 6.07) is 14.2. The number of nitrogens with one attached hydrogen (secondary N) is 1. The first-order chi connectivity index (χ1) is 16.8. The molecule has 0 saturated carbocycles. The molecule has 184 valence electrons. The molecular formula is C24H25N3O7S.